The Morgan fingerprint density at radius 3 is 2.65 bits per heavy atom. The molecule has 0 aliphatic carbocycles. The van der Waals surface area contributed by atoms with Gasteiger partial charge in [0, 0.05) is 18.0 Å². The smallest absolute Gasteiger partial charge is 0.164 e. The molecule has 1 aromatic rings. The highest BCUT2D eigenvalue weighted by atomic mass is 16.6. The number of hydroxylamine groups is 1. The number of carbonyl (C=O) groups is 1. The molecule has 1 atom stereocenters. The summed E-state index contributed by atoms with van der Waals surface area (Å²) in [5.41, 5.74) is 3.67. The van der Waals surface area contributed by atoms with E-state index in [0.717, 1.165) is 24.8 Å². The Kier molecular flexibility index (Phi) is 6.51. The molecule has 0 aliphatic rings. The normalized spacial score (nSPS) is 12.4. The number of Topliss-reactive ketones (excluding diaryl/α,β-unsaturated/α-hetero) is 1. The molecule has 0 aliphatic heterocycles. The zero-order chi connectivity index (χ0) is 12.5. The maximum absolute atomic E-state index is 12.0. The van der Waals surface area contributed by atoms with E-state index in [9.17, 15) is 4.79 Å². The minimum Gasteiger partial charge on any atom is -0.305 e. The maximum Gasteiger partial charge on any atom is 0.164 e. The number of nitrogens with one attached hydrogen (secondary N) is 1. The number of rotatable bonds is 8. The van der Waals surface area contributed by atoms with Crippen molar-refractivity contribution in [3.8, 4) is 0 Å². The molecule has 0 spiro atoms. The van der Waals surface area contributed by atoms with Crippen LogP contribution in [0.4, 0.5) is 0 Å². The Morgan fingerprint density at radius 2 is 2.06 bits per heavy atom. The van der Waals surface area contributed by atoms with Crippen molar-refractivity contribution in [3.05, 3.63) is 35.9 Å². The van der Waals surface area contributed by atoms with Gasteiger partial charge in [0.2, 0.25) is 0 Å². The maximum atomic E-state index is 12.0. The van der Waals surface area contributed by atoms with Gasteiger partial charge < -0.3 is 4.84 Å². The zero-order valence-electron chi connectivity index (χ0n) is 10.6. The van der Waals surface area contributed by atoms with Gasteiger partial charge in [0.1, 0.15) is 0 Å². The van der Waals surface area contributed by atoms with Crippen LogP contribution in [0.2, 0.25) is 0 Å². The van der Waals surface area contributed by atoms with Gasteiger partial charge in [0.15, 0.2) is 5.78 Å². The van der Waals surface area contributed by atoms with E-state index >= 15 is 0 Å². The Morgan fingerprint density at radius 1 is 1.35 bits per heavy atom. The van der Waals surface area contributed by atoms with Crippen LogP contribution in [0.5, 0.6) is 0 Å². The van der Waals surface area contributed by atoms with Gasteiger partial charge in [0.25, 0.3) is 0 Å². The molecule has 0 heterocycles. The third kappa shape index (κ3) is 5.11. The molecule has 0 saturated heterocycles. The standard InChI is InChI=1S/C14H21NO2/c1-3-4-10-13(15-17-2)11-14(16)12-8-6-5-7-9-12/h5-9,13,15H,3-4,10-11H2,1-2H3. The van der Waals surface area contributed by atoms with E-state index in [-0.39, 0.29) is 11.8 Å². The number of hydrogen-bond acceptors (Lipinski definition) is 3. The molecule has 0 radical (unpaired) electrons. The number of unbranched alkanes of at least 4 members (excludes halogenated alkanes) is 1. The second-order valence-corrected chi connectivity index (χ2v) is 4.15. The summed E-state index contributed by atoms with van der Waals surface area (Å²) in [5, 5.41) is 0. The third-order valence-electron chi connectivity index (χ3n) is 2.72. The predicted molar refractivity (Wildman–Crippen MR) is 68.8 cm³/mol. The quantitative estimate of drug-likeness (QED) is 0.556. The average Bonchev–Trinajstić information content (AvgIpc) is 2.37. The van der Waals surface area contributed by atoms with E-state index in [1.807, 2.05) is 30.3 Å². The summed E-state index contributed by atoms with van der Waals surface area (Å²) in [6.45, 7) is 2.14. The minimum absolute atomic E-state index is 0.104. The molecule has 3 heteroatoms. The Balaban J connectivity index is 2.51. The highest BCUT2D eigenvalue weighted by Gasteiger charge is 2.14. The van der Waals surface area contributed by atoms with Crippen LogP contribution in [-0.2, 0) is 4.84 Å². The minimum atomic E-state index is 0.104. The van der Waals surface area contributed by atoms with Crippen LogP contribution in [0.15, 0.2) is 30.3 Å². The first-order valence-electron chi connectivity index (χ1n) is 6.14. The summed E-state index contributed by atoms with van der Waals surface area (Å²) in [4.78, 5) is 16.9. The highest BCUT2D eigenvalue weighted by Crippen LogP contribution is 2.10. The third-order valence-corrected chi connectivity index (χ3v) is 2.72. The lowest BCUT2D eigenvalue weighted by atomic mass is 10.0. The molecule has 17 heavy (non-hydrogen) atoms. The fraction of sp³-hybridized carbons (Fsp3) is 0.500. The lowest BCUT2D eigenvalue weighted by Gasteiger charge is -2.16. The molecule has 0 fully saturated rings. The van der Waals surface area contributed by atoms with E-state index in [1.54, 1.807) is 7.11 Å². The monoisotopic (exact) mass is 235 g/mol. The van der Waals surface area contributed by atoms with Crippen molar-refractivity contribution in [2.75, 3.05) is 7.11 Å². The summed E-state index contributed by atoms with van der Waals surface area (Å²) in [7, 11) is 1.59. The van der Waals surface area contributed by atoms with E-state index in [0.29, 0.717) is 6.42 Å². The molecule has 1 N–H and O–H groups in total. The molecule has 1 unspecified atom stereocenters. The van der Waals surface area contributed by atoms with Crippen molar-refractivity contribution in [2.45, 2.75) is 38.6 Å². The molecule has 0 amide bonds. The molecular weight excluding hydrogens is 214 g/mol. The lowest BCUT2D eigenvalue weighted by molar-refractivity contribution is 0.0519. The van der Waals surface area contributed by atoms with Crippen molar-refractivity contribution >= 4 is 5.78 Å². The number of hydrogen-bond donors (Lipinski definition) is 1. The van der Waals surface area contributed by atoms with Gasteiger partial charge in [-0.25, -0.2) is 0 Å². The van der Waals surface area contributed by atoms with Gasteiger partial charge in [-0.3, -0.25) is 4.79 Å². The molecule has 0 bridgehead atoms. The first-order valence-corrected chi connectivity index (χ1v) is 6.14. The van der Waals surface area contributed by atoms with E-state index < -0.39 is 0 Å². The number of ketones is 1. The van der Waals surface area contributed by atoms with Crippen LogP contribution in [0.1, 0.15) is 43.0 Å². The van der Waals surface area contributed by atoms with Crippen molar-refractivity contribution in [2.24, 2.45) is 0 Å². The predicted octanol–water partition coefficient (Wildman–Crippen LogP) is 2.97. The van der Waals surface area contributed by atoms with E-state index in [2.05, 4.69) is 12.4 Å². The number of carbonyl (C=O) groups excluding carboxylic acids is 1. The molecule has 0 saturated carbocycles. The van der Waals surface area contributed by atoms with Gasteiger partial charge in [0.05, 0.1) is 7.11 Å². The fourth-order valence-electron chi connectivity index (χ4n) is 1.79. The van der Waals surface area contributed by atoms with Gasteiger partial charge in [-0.15, -0.1) is 0 Å². The summed E-state index contributed by atoms with van der Waals surface area (Å²) in [6.07, 6.45) is 3.67. The second-order valence-electron chi connectivity index (χ2n) is 4.15. The topological polar surface area (TPSA) is 38.3 Å². The highest BCUT2D eigenvalue weighted by molar-refractivity contribution is 5.96. The molecule has 94 valence electrons. The first-order chi connectivity index (χ1) is 8.27. The van der Waals surface area contributed by atoms with E-state index in [1.165, 1.54) is 0 Å². The summed E-state index contributed by atoms with van der Waals surface area (Å²) in [5.74, 6) is 0.163. The SMILES string of the molecule is CCCCC(CC(=O)c1ccccc1)NOC. The molecular formula is C14H21NO2. The van der Waals surface area contributed by atoms with Crippen molar-refractivity contribution < 1.29 is 9.63 Å². The van der Waals surface area contributed by atoms with Crippen LogP contribution in [0.25, 0.3) is 0 Å². The van der Waals surface area contributed by atoms with Crippen molar-refractivity contribution in [1.82, 2.24) is 5.48 Å². The second kappa shape index (κ2) is 7.98. The molecule has 3 nitrogen and oxygen atoms in total. The van der Waals surface area contributed by atoms with Crippen molar-refractivity contribution in [3.63, 3.8) is 0 Å². The van der Waals surface area contributed by atoms with Gasteiger partial charge in [-0.2, -0.15) is 5.48 Å². The zero-order valence-corrected chi connectivity index (χ0v) is 10.6. The Hall–Kier alpha value is -1.19. The van der Waals surface area contributed by atoms with Gasteiger partial charge >= 0.3 is 0 Å². The van der Waals surface area contributed by atoms with E-state index in [4.69, 9.17) is 4.84 Å². The largest absolute Gasteiger partial charge is 0.305 e. The number of benzene rings is 1. The average molecular weight is 235 g/mol. The first kappa shape index (κ1) is 13.9. The Bertz CT molecular complexity index is 324. The van der Waals surface area contributed by atoms with Crippen LogP contribution in [0.3, 0.4) is 0 Å². The molecule has 1 aromatic carbocycles. The summed E-state index contributed by atoms with van der Waals surface area (Å²) in [6, 6.07) is 9.50. The van der Waals surface area contributed by atoms with Crippen molar-refractivity contribution in [1.29, 1.82) is 0 Å². The molecule has 1 rings (SSSR count). The van der Waals surface area contributed by atoms with Crippen LogP contribution in [0, 0.1) is 0 Å². The Labute approximate surface area is 103 Å². The molecule has 0 aromatic heterocycles. The van der Waals surface area contributed by atoms with Gasteiger partial charge in [-0.1, -0.05) is 50.1 Å². The van der Waals surface area contributed by atoms with Crippen LogP contribution < -0.4 is 5.48 Å². The fourth-order valence-corrected chi connectivity index (χ4v) is 1.79. The van der Waals surface area contributed by atoms with Gasteiger partial charge in [-0.05, 0) is 6.42 Å². The van der Waals surface area contributed by atoms with Crippen LogP contribution >= 0.6 is 0 Å². The summed E-state index contributed by atoms with van der Waals surface area (Å²) >= 11 is 0. The summed E-state index contributed by atoms with van der Waals surface area (Å²) < 4.78 is 0. The van der Waals surface area contributed by atoms with Crippen LogP contribution in [-0.4, -0.2) is 18.9 Å². The lowest BCUT2D eigenvalue weighted by Crippen LogP contribution is -2.30.